The second kappa shape index (κ2) is 6.93. The first kappa shape index (κ1) is 17.2. The zero-order valence-electron chi connectivity index (χ0n) is 9.83. The Bertz CT molecular complexity index is 366. The lowest BCUT2D eigenvalue weighted by Crippen LogP contribution is -2.37. The van der Waals surface area contributed by atoms with Gasteiger partial charge in [-0.1, -0.05) is 13.3 Å². The SMILES string of the molecule is CCC(CCNS(=O)(=O)C(F)(F)F)CCC(=O)O. The molecule has 0 amide bonds. The summed E-state index contributed by atoms with van der Waals surface area (Å²) in [6.45, 7) is 1.42. The van der Waals surface area contributed by atoms with Crippen LogP contribution < -0.4 is 4.72 Å². The Morgan fingerprint density at radius 2 is 1.89 bits per heavy atom. The molecule has 108 valence electrons. The van der Waals surface area contributed by atoms with E-state index in [1.807, 2.05) is 0 Å². The highest BCUT2D eigenvalue weighted by molar-refractivity contribution is 7.90. The van der Waals surface area contributed by atoms with Gasteiger partial charge < -0.3 is 5.11 Å². The van der Waals surface area contributed by atoms with Crippen molar-refractivity contribution >= 4 is 16.0 Å². The number of carbonyl (C=O) groups is 1. The lowest BCUT2D eigenvalue weighted by Gasteiger charge is -2.14. The van der Waals surface area contributed by atoms with Crippen molar-refractivity contribution in [2.75, 3.05) is 6.54 Å². The Labute approximate surface area is 103 Å². The van der Waals surface area contributed by atoms with E-state index in [1.165, 1.54) is 4.72 Å². The third kappa shape index (κ3) is 6.20. The van der Waals surface area contributed by atoms with Crippen LogP contribution in [0.5, 0.6) is 0 Å². The number of aliphatic carboxylic acids is 1. The summed E-state index contributed by atoms with van der Waals surface area (Å²) < 4.78 is 58.7. The molecule has 0 heterocycles. The monoisotopic (exact) mass is 291 g/mol. The zero-order chi connectivity index (χ0) is 14.4. The van der Waals surface area contributed by atoms with Gasteiger partial charge in [0.05, 0.1) is 0 Å². The minimum Gasteiger partial charge on any atom is -0.481 e. The molecule has 0 fully saturated rings. The predicted molar refractivity (Wildman–Crippen MR) is 58.2 cm³/mol. The Morgan fingerprint density at radius 1 is 1.33 bits per heavy atom. The van der Waals surface area contributed by atoms with Gasteiger partial charge in [0.25, 0.3) is 0 Å². The van der Waals surface area contributed by atoms with E-state index in [1.54, 1.807) is 6.92 Å². The van der Waals surface area contributed by atoms with Gasteiger partial charge in [0.2, 0.25) is 0 Å². The number of sulfonamides is 1. The van der Waals surface area contributed by atoms with E-state index in [0.717, 1.165) is 0 Å². The Morgan fingerprint density at radius 3 is 2.28 bits per heavy atom. The zero-order valence-corrected chi connectivity index (χ0v) is 10.6. The van der Waals surface area contributed by atoms with Gasteiger partial charge in [-0.15, -0.1) is 0 Å². The molecule has 0 rings (SSSR count). The molecule has 0 spiro atoms. The van der Waals surface area contributed by atoms with Gasteiger partial charge in [0.1, 0.15) is 0 Å². The molecule has 18 heavy (non-hydrogen) atoms. The maximum absolute atomic E-state index is 12.0. The first-order valence-electron chi connectivity index (χ1n) is 5.38. The molecule has 0 aliphatic carbocycles. The van der Waals surface area contributed by atoms with Gasteiger partial charge in [-0.3, -0.25) is 4.79 Å². The van der Waals surface area contributed by atoms with Gasteiger partial charge in [-0.25, -0.2) is 13.1 Å². The van der Waals surface area contributed by atoms with Crippen molar-refractivity contribution in [3.63, 3.8) is 0 Å². The Hall–Kier alpha value is -0.830. The van der Waals surface area contributed by atoms with Crippen molar-refractivity contribution in [2.45, 2.75) is 38.1 Å². The normalized spacial score (nSPS) is 14.4. The van der Waals surface area contributed by atoms with Gasteiger partial charge in [-0.05, 0) is 18.8 Å². The van der Waals surface area contributed by atoms with Gasteiger partial charge in [0, 0.05) is 13.0 Å². The van der Waals surface area contributed by atoms with Crippen molar-refractivity contribution in [1.29, 1.82) is 0 Å². The largest absolute Gasteiger partial charge is 0.511 e. The van der Waals surface area contributed by atoms with Crippen molar-refractivity contribution in [3.8, 4) is 0 Å². The van der Waals surface area contributed by atoms with E-state index >= 15 is 0 Å². The molecule has 1 atom stereocenters. The molecular weight excluding hydrogens is 275 g/mol. The molecule has 0 aromatic heterocycles. The molecule has 5 nitrogen and oxygen atoms in total. The molecule has 2 N–H and O–H groups in total. The summed E-state index contributed by atoms with van der Waals surface area (Å²) in [5.41, 5.74) is -5.31. The molecular formula is C9H16F3NO4S. The Balaban J connectivity index is 4.13. The minimum absolute atomic E-state index is 0.0788. The molecule has 9 heteroatoms. The fraction of sp³-hybridized carbons (Fsp3) is 0.889. The number of rotatable bonds is 8. The third-order valence-corrected chi connectivity index (χ3v) is 3.69. The summed E-state index contributed by atoms with van der Waals surface area (Å²) >= 11 is 0. The summed E-state index contributed by atoms with van der Waals surface area (Å²) in [4.78, 5) is 10.3. The van der Waals surface area contributed by atoms with Crippen LogP contribution >= 0.6 is 0 Å². The van der Waals surface area contributed by atoms with Crippen LogP contribution in [0, 0.1) is 5.92 Å². The molecule has 0 saturated carbocycles. The fourth-order valence-electron chi connectivity index (χ4n) is 1.36. The number of alkyl halides is 3. The van der Waals surface area contributed by atoms with E-state index in [-0.39, 0.29) is 25.3 Å². The van der Waals surface area contributed by atoms with Crippen molar-refractivity contribution in [2.24, 2.45) is 5.92 Å². The maximum Gasteiger partial charge on any atom is 0.511 e. The molecule has 0 radical (unpaired) electrons. The van der Waals surface area contributed by atoms with E-state index in [2.05, 4.69) is 0 Å². The molecule has 0 bridgehead atoms. The molecule has 1 unspecified atom stereocenters. The number of carboxylic acids is 1. The number of hydrogen-bond acceptors (Lipinski definition) is 3. The lowest BCUT2D eigenvalue weighted by atomic mass is 9.97. The topological polar surface area (TPSA) is 83.5 Å². The predicted octanol–water partition coefficient (Wildman–Crippen LogP) is 1.71. The summed E-state index contributed by atoms with van der Waals surface area (Å²) in [6.07, 6.45) is 1.00. The van der Waals surface area contributed by atoms with Crippen LogP contribution in [0.25, 0.3) is 0 Å². The quantitative estimate of drug-likeness (QED) is 0.713. The van der Waals surface area contributed by atoms with Gasteiger partial charge >= 0.3 is 21.5 Å². The second-order valence-electron chi connectivity index (χ2n) is 3.84. The smallest absolute Gasteiger partial charge is 0.481 e. The number of halogens is 3. The highest BCUT2D eigenvalue weighted by Gasteiger charge is 2.45. The summed E-state index contributed by atoms with van der Waals surface area (Å²) in [7, 11) is -5.30. The first-order valence-corrected chi connectivity index (χ1v) is 6.86. The summed E-state index contributed by atoms with van der Waals surface area (Å²) in [6, 6.07) is 0. The molecule has 0 aromatic rings. The van der Waals surface area contributed by atoms with Crippen LogP contribution in [-0.2, 0) is 14.8 Å². The lowest BCUT2D eigenvalue weighted by molar-refractivity contribution is -0.137. The van der Waals surface area contributed by atoms with Crippen LogP contribution in [0.4, 0.5) is 13.2 Å². The van der Waals surface area contributed by atoms with Crippen LogP contribution in [0.15, 0.2) is 0 Å². The van der Waals surface area contributed by atoms with Crippen molar-refractivity contribution < 1.29 is 31.5 Å². The Kier molecular flexibility index (Phi) is 6.61. The van der Waals surface area contributed by atoms with Crippen molar-refractivity contribution in [1.82, 2.24) is 4.72 Å². The van der Waals surface area contributed by atoms with Crippen LogP contribution in [0.1, 0.15) is 32.6 Å². The highest BCUT2D eigenvalue weighted by atomic mass is 32.2. The van der Waals surface area contributed by atoms with E-state index in [4.69, 9.17) is 5.11 Å². The molecule has 0 saturated heterocycles. The first-order chi connectivity index (χ1) is 8.10. The van der Waals surface area contributed by atoms with E-state index in [9.17, 15) is 26.4 Å². The summed E-state index contributed by atoms with van der Waals surface area (Å²) in [5, 5.41) is 8.46. The van der Waals surface area contributed by atoms with Gasteiger partial charge in [0.15, 0.2) is 0 Å². The van der Waals surface area contributed by atoms with E-state index < -0.39 is 21.5 Å². The maximum atomic E-state index is 12.0. The van der Waals surface area contributed by atoms with Crippen LogP contribution in [-0.4, -0.2) is 31.5 Å². The summed E-state index contributed by atoms with van der Waals surface area (Å²) in [5.74, 6) is -1.10. The molecule has 0 aliphatic heterocycles. The van der Waals surface area contributed by atoms with Crippen LogP contribution in [0.3, 0.4) is 0 Å². The highest BCUT2D eigenvalue weighted by Crippen LogP contribution is 2.22. The van der Waals surface area contributed by atoms with E-state index in [0.29, 0.717) is 12.8 Å². The van der Waals surface area contributed by atoms with Crippen molar-refractivity contribution in [3.05, 3.63) is 0 Å². The molecule has 0 aromatic carbocycles. The average Bonchev–Trinajstić information content (AvgIpc) is 2.20. The number of nitrogens with one attached hydrogen (secondary N) is 1. The van der Waals surface area contributed by atoms with Crippen LogP contribution in [0.2, 0.25) is 0 Å². The average molecular weight is 291 g/mol. The standard InChI is InChI=1S/C9H16F3NO4S/c1-2-7(3-4-8(14)15)5-6-13-18(16,17)9(10,11)12/h7,13H,2-6H2,1H3,(H,14,15). The second-order valence-corrected chi connectivity index (χ2v) is 5.60. The minimum atomic E-state index is -5.31. The number of carboxylic acid groups (broad SMARTS) is 1. The number of hydrogen-bond donors (Lipinski definition) is 2. The molecule has 0 aliphatic rings. The fourth-order valence-corrected chi connectivity index (χ4v) is 1.91. The van der Waals surface area contributed by atoms with Gasteiger partial charge in [-0.2, -0.15) is 13.2 Å². The third-order valence-electron chi connectivity index (χ3n) is 2.49.